The van der Waals surface area contributed by atoms with Gasteiger partial charge in [-0.3, -0.25) is 0 Å². The van der Waals surface area contributed by atoms with Crippen LogP contribution in [0.25, 0.3) is 0 Å². The van der Waals surface area contributed by atoms with Gasteiger partial charge in [0, 0.05) is 21.3 Å². The summed E-state index contributed by atoms with van der Waals surface area (Å²) in [5, 5.41) is 10.1. The highest BCUT2D eigenvalue weighted by Gasteiger charge is 2.29. The Labute approximate surface area is 105 Å². The first-order valence-electron chi connectivity index (χ1n) is 4.21. The van der Waals surface area contributed by atoms with Crippen LogP contribution in [0.4, 0.5) is 0 Å². The van der Waals surface area contributed by atoms with Gasteiger partial charge in [0.1, 0.15) is 0 Å². The van der Waals surface area contributed by atoms with Crippen molar-refractivity contribution in [3.05, 3.63) is 19.2 Å². The molecular weight excluding hydrogens is 330 g/mol. The molecule has 0 aliphatic carbocycles. The second-order valence-corrected chi connectivity index (χ2v) is 7.12. The highest BCUT2D eigenvalue weighted by atomic mass is 79.9. The summed E-state index contributed by atoms with van der Waals surface area (Å²) < 4.78 is 1.98. The molecule has 2 nitrogen and oxygen atoms in total. The molecule has 1 heterocycles. The van der Waals surface area contributed by atoms with E-state index >= 15 is 0 Å². The van der Waals surface area contributed by atoms with Crippen LogP contribution < -0.4 is 5.73 Å². The second-order valence-electron chi connectivity index (χ2n) is 3.87. The predicted molar refractivity (Wildman–Crippen MR) is 67.5 cm³/mol. The summed E-state index contributed by atoms with van der Waals surface area (Å²) in [6.45, 7) is 4.37. The summed E-state index contributed by atoms with van der Waals surface area (Å²) in [5.41, 5.74) is 5.32. The van der Waals surface area contributed by atoms with Crippen molar-refractivity contribution in [2.45, 2.75) is 20.0 Å². The summed E-state index contributed by atoms with van der Waals surface area (Å²) in [6, 6.07) is 1.93. The number of aliphatic hydroxyl groups is 1. The molecule has 0 amide bonds. The zero-order chi connectivity index (χ0) is 10.9. The maximum Gasteiger partial charge on any atom is 0.0945 e. The summed E-state index contributed by atoms with van der Waals surface area (Å²) in [6.07, 6.45) is -0.514. The molecule has 5 heteroatoms. The predicted octanol–water partition coefficient (Wildman–Crippen LogP) is 3.29. The lowest BCUT2D eigenvalue weighted by molar-refractivity contribution is 0.0585. The third-order valence-electron chi connectivity index (χ3n) is 2.20. The van der Waals surface area contributed by atoms with E-state index in [1.807, 2.05) is 19.9 Å². The average Bonchev–Trinajstić information content (AvgIpc) is 2.45. The normalized spacial score (nSPS) is 14.4. The Morgan fingerprint density at radius 2 is 2.14 bits per heavy atom. The molecular formula is C9H13Br2NOS. The molecule has 0 aromatic carbocycles. The van der Waals surface area contributed by atoms with E-state index in [0.29, 0.717) is 6.54 Å². The lowest BCUT2D eigenvalue weighted by Crippen LogP contribution is -2.30. The number of aliphatic hydroxyl groups excluding tert-OH is 1. The highest BCUT2D eigenvalue weighted by Crippen LogP contribution is 2.41. The number of hydrogen-bond donors (Lipinski definition) is 2. The van der Waals surface area contributed by atoms with Gasteiger partial charge in [-0.1, -0.05) is 13.8 Å². The Hall–Kier alpha value is 0.580. The van der Waals surface area contributed by atoms with E-state index in [4.69, 9.17) is 5.73 Å². The molecule has 0 bridgehead atoms. The number of rotatable bonds is 3. The van der Waals surface area contributed by atoms with Gasteiger partial charge in [0.05, 0.1) is 9.89 Å². The van der Waals surface area contributed by atoms with Gasteiger partial charge in [-0.05, 0) is 37.9 Å². The smallest absolute Gasteiger partial charge is 0.0945 e. The van der Waals surface area contributed by atoms with Gasteiger partial charge in [0.2, 0.25) is 0 Å². The lowest BCUT2D eigenvalue weighted by atomic mass is 9.86. The topological polar surface area (TPSA) is 46.2 Å². The van der Waals surface area contributed by atoms with Gasteiger partial charge in [0.25, 0.3) is 0 Å². The molecule has 0 saturated heterocycles. The summed E-state index contributed by atoms with van der Waals surface area (Å²) >= 11 is 8.33. The minimum atomic E-state index is -0.514. The fraction of sp³-hybridized carbons (Fsp3) is 0.556. The molecule has 1 rings (SSSR count). The number of hydrogen-bond acceptors (Lipinski definition) is 3. The van der Waals surface area contributed by atoms with Crippen LogP contribution in [0.5, 0.6) is 0 Å². The van der Waals surface area contributed by atoms with Crippen molar-refractivity contribution < 1.29 is 5.11 Å². The minimum absolute atomic E-state index is 0.288. The van der Waals surface area contributed by atoms with Crippen LogP contribution in [-0.2, 0) is 0 Å². The molecule has 0 spiro atoms. The van der Waals surface area contributed by atoms with Crippen molar-refractivity contribution in [2.24, 2.45) is 11.1 Å². The van der Waals surface area contributed by atoms with Crippen LogP contribution in [0.3, 0.4) is 0 Å². The van der Waals surface area contributed by atoms with Crippen LogP contribution in [0, 0.1) is 5.41 Å². The molecule has 0 aliphatic heterocycles. The lowest BCUT2D eigenvalue weighted by Gasteiger charge is -2.27. The standard InChI is InChI=1S/C9H13Br2NOS/c1-9(2,4-12)7(13)6-3-5(10)8(11)14-6/h3,7,13H,4,12H2,1-2H3. The highest BCUT2D eigenvalue weighted by molar-refractivity contribution is 9.13. The van der Waals surface area contributed by atoms with Gasteiger partial charge in [-0.2, -0.15) is 0 Å². The summed E-state index contributed by atoms with van der Waals surface area (Å²) in [5.74, 6) is 0. The van der Waals surface area contributed by atoms with Crippen molar-refractivity contribution in [1.29, 1.82) is 0 Å². The fourth-order valence-electron chi connectivity index (χ4n) is 0.995. The number of halogens is 2. The first kappa shape index (κ1) is 12.6. The third-order valence-corrected chi connectivity index (χ3v) is 5.51. The van der Waals surface area contributed by atoms with Crippen LogP contribution in [0.15, 0.2) is 14.3 Å². The van der Waals surface area contributed by atoms with Crippen LogP contribution >= 0.6 is 43.2 Å². The molecule has 3 N–H and O–H groups in total. The Morgan fingerprint density at radius 3 is 2.50 bits per heavy atom. The number of nitrogens with two attached hydrogens (primary N) is 1. The summed E-state index contributed by atoms with van der Waals surface area (Å²) in [7, 11) is 0. The molecule has 1 aromatic heterocycles. The largest absolute Gasteiger partial charge is 0.387 e. The van der Waals surface area contributed by atoms with E-state index in [2.05, 4.69) is 31.9 Å². The maximum absolute atomic E-state index is 10.1. The maximum atomic E-state index is 10.1. The molecule has 1 aromatic rings. The van der Waals surface area contributed by atoms with Crippen molar-refractivity contribution in [3.8, 4) is 0 Å². The van der Waals surface area contributed by atoms with Gasteiger partial charge in [-0.15, -0.1) is 11.3 Å². The third kappa shape index (κ3) is 2.58. The molecule has 0 saturated carbocycles. The first-order valence-corrected chi connectivity index (χ1v) is 6.61. The minimum Gasteiger partial charge on any atom is -0.387 e. The second kappa shape index (κ2) is 4.61. The van der Waals surface area contributed by atoms with E-state index in [1.165, 1.54) is 11.3 Å². The van der Waals surface area contributed by atoms with Gasteiger partial charge >= 0.3 is 0 Å². The van der Waals surface area contributed by atoms with Crippen molar-refractivity contribution in [2.75, 3.05) is 6.54 Å². The average molecular weight is 343 g/mol. The van der Waals surface area contributed by atoms with Crippen molar-refractivity contribution in [3.63, 3.8) is 0 Å². The molecule has 0 fully saturated rings. The molecule has 1 atom stereocenters. The van der Waals surface area contributed by atoms with Crippen LogP contribution in [0.1, 0.15) is 24.8 Å². The van der Waals surface area contributed by atoms with Crippen LogP contribution in [0.2, 0.25) is 0 Å². The monoisotopic (exact) mass is 341 g/mol. The van der Waals surface area contributed by atoms with Crippen molar-refractivity contribution in [1.82, 2.24) is 0 Å². The number of thiophene rings is 1. The SMILES string of the molecule is CC(C)(CN)C(O)c1cc(Br)c(Br)s1. The Bertz CT molecular complexity index is 305. The quantitative estimate of drug-likeness (QED) is 0.885. The van der Waals surface area contributed by atoms with E-state index in [1.54, 1.807) is 0 Å². The Balaban J connectivity index is 2.94. The fourth-order valence-corrected chi connectivity index (χ4v) is 3.28. The molecule has 14 heavy (non-hydrogen) atoms. The molecule has 0 radical (unpaired) electrons. The van der Waals surface area contributed by atoms with E-state index in [9.17, 15) is 5.11 Å². The Kier molecular flexibility index (Phi) is 4.17. The van der Waals surface area contributed by atoms with Gasteiger partial charge < -0.3 is 10.8 Å². The van der Waals surface area contributed by atoms with Gasteiger partial charge in [0.15, 0.2) is 0 Å². The molecule has 0 aliphatic rings. The summed E-state index contributed by atoms with van der Waals surface area (Å²) in [4.78, 5) is 0.930. The zero-order valence-corrected chi connectivity index (χ0v) is 12.0. The van der Waals surface area contributed by atoms with Gasteiger partial charge in [-0.25, -0.2) is 0 Å². The van der Waals surface area contributed by atoms with Crippen LogP contribution in [-0.4, -0.2) is 11.7 Å². The molecule has 1 unspecified atom stereocenters. The van der Waals surface area contributed by atoms with Crippen molar-refractivity contribution >= 4 is 43.2 Å². The first-order chi connectivity index (χ1) is 6.38. The molecule has 80 valence electrons. The Morgan fingerprint density at radius 1 is 1.57 bits per heavy atom. The zero-order valence-electron chi connectivity index (χ0n) is 8.05. The van der Waals surface area contributed by atoms with E-state index in [-0.39, 0.29) is 5.41 Å². The van der Waals surface area contributed by atoms with E-state index < -0.39 is 6.10 Å². The van der Waals surface area contributed by atoms with E-state index in [0.717, 1.165) is 13.1 Å².